The summed E-state index contributed by atoms with van der Waals surface area (Å²) in [5, 5.41) is 0. The molecule has 0 bridgehead atoms. The van der Waals surface area contributed by atoms with Gasteiger partial charge in [0.2, 0.25) is 0 Å². The Balaban J connectivity index is 1.97. The highest BCUT2D eigenvalue weighted by Gasteiger charge is 2.33. The van der Waals surface area contributed by atoms with E-state index in [4.69, 9.17) is 9.47 Å². The van der Waals surface area contributed by atoms with Gasteiger partial charge in [0.25, 0.3) is 5.56 Å². The fraction of sp³-hybridized carbons (Fsp3) is 0.286. The molecule has 0 spiro atoms. The lowest BCUT2D eigenvalue weighted by molar-refractivity contribution is -0.139. The third kappa shape index (κ3) is 5.81. The number of allylic oxidation sites excluding steroid dienone is 1. The van der Waals surface area contributed by atoms with E-state index in [0.717, 1.165) is 18.3 Å². The van der Waals surface area contributed by atoms with Crippen LogP contribution in [0.25, 0.3) is 6.08 Å². The maximum absolute atomic E-state index is 13.9. The molecule has 10 heteroatoms. The minimum Gasteiger partial charge on any atom is -0.463 e. The van der Waals surface area contributed by atoms with Crippen LogP contribution in [0.5, 0.6) is 5.75 Å². The van der Waals surface area contributed by atoms with Gasteiger partial charge in [0.05, 0.1) is 32.0 Å². The van der Waals surface area contributed by atoms with Crippen LogP contribution in [0.3, 0.4) is 0 Å². The predicted octanol–water partition coefficient (Wildman–Crippen LogP) is 5.06. The molecule has 0 N–H and O–H groups in total. The van der Waals surface area contributed by atoms with Gasteiger partial charge in [-0.1, -0.05) is 49.4 Å². The molecular formula is C28H26I2N2O5S. The highest BCUT2D eigenvalue weighted by atomic mass is 127. The SMILES string of the molecule is CCOC(=O)C1=C(C)N=c2s/c(=C\c3cc(I)cc(I)c3OC(C)=O)c(=O)n2[C@@H]1c1ccc(C(C)C)cc1. The van der Waals surface area contributed by atoms with Crippen LogP contribution in [0.15, 0.2) is 57.5 Å². The number of hydrogen-bond donors (Lipinski definition) is 0. The molecule has 0 unspecified atom stereocenters. The normalized spacial score (nSPS) is 15.4. The summed E-state index contributed by atoms with van der Waals surface area (Å²) in [5.41, 5.74) is 3.13. The maximum Gasteiger partial charge on any atom is 0.338 e. The summed E-state index contributed by atoms with van der Waals surface area (Å²) >= 11 is 5.53. The molecule has 198 valence electrons. The fourth-order valence-electron chi connectivity index (χ4n) is 4.25. The van der Waals surface area contributed by atoms with Crippen molar-refractivity contribution < 1.29 is 19.1 Å². The molecule has 1 aliphatic heterocycles. The van der Waals surface area contributed by atoms with Gasteiger partial charge in [0.15, 0.2) is 10.6 Å². The average molecular weight is 756 g/mol. The van der Waals surface area contributed by atoms with Crippen LogP contribution < -0.4 is 19.6 Å². The number of nitrogens with zero attached hydrogens (tertiary/aromatic N) is 2. The van der Waals surface area contributed by atoms with Gasteiger partial charge >= 0.3 is 11.9 Å². The Morgan fingerprint density at radius 1 is 1.18 bits per heavy atom. The Labute approximate surface area is 251 Å². The van der Waals surface area contributed by atoms with Crippen LogP contribution >= 0.6 is 56.5 Å². The second-order valence-electron chi connectivity index (χ2n) is 9.02. The summed E-state index contributed by atoms with van der Waals surface area (Å²) in [7, 11) is 0. The summed E-state index contributed by atoms with van der Waals surface area (Å²) < 4.78 is 14.5. The van der Waals surface area contributed by atoms with Crippen molar-refractivity contribution in [3.05, 3.63) is 91.2 Å². The van der Waals surface area contributed by atoms with E-state index in [2.05, 4.69) is 64.0 Å². The quantitative estimate of drug-likeness (QED) is 0.200. The summed E-state index contributed by atoms with van der Waals surface area (Å²) in [4.78, 5) is 43.9. The van der Waals surface area contributed by atoms with Gasteiger partial charge < -0.3 is 9.47 Å². The summed E-state index contributed by atoms with van der Waals surface area (Å²) in [5.74, 6) is -0.200. The maximum atomic E-state index is 13.9. The third-order valence-electron chi connectivity index (χ3n) is 6.01. The lowest BCUT2D eigenvalue weighted by Crippen LogP contribution is -2.40. The van der Waals surface area contributed by atoms with Gasteiger partial charge in [-0.15, -0.1) is 0 Å². The van der Waals surface area contributed by atoms with Crippen molar-refractivity contribution in [1.82, 2.24) is 4.57 Å². The van der Waals surface area contributed by atoms with Crippen LogP contribution in [0.2, 0.25) is 0 Å². The topological polar surface area (TPSA) is 87.0 Å². The number of aromatic nitrogens is 1. The summed E-state index contributed by atoms with van der Waals surface area (Å²) in [6.45, 7) is 9.29. The van der Waals surface area contributed by atoms with Crippen molar-refractivity contribution in [1.29, 1.82) is 0 Å². The van der Waals surface area contributed by atoms with E-state index >= 15 is 0 Å². The van der Waals surface area contributed by atoms with Gasteiger partial charge in [0, 0.05) is 16.1 Å². The lowest BCUT2D eigenvalue weighted by Gasteiger charge is -2.25. The molecule has 1 aliphatic rings. The molecule has 0 saturated heterocycles. The van der Waals surface area contributed by atoms with Crippen molar-refractivity contribution in [2.75, 3.05) is 6.61 Å². The van der Waals surface area contributed by atoms with E-state index in [1.807, 2.05) is 36.4 Å². The number of thiazole rings is 1. The van der Waals surface area contributed by atoms with E-state index in [9.17, 15) is 14.4 Å². The summed E-state index contributed by atoms with van der Waals surface area (Å²) in [6.07, 6.45) is 1.72. The molecule has 7 nitrogen and oxygen atoms in total. The van der Waals surface area contributed by atoms with E-state index in [-0.39, 0.29) is 12.2 Å². The largest absolute Gasteiger partial charge is 0.463 e. The van der Waals surface area contributed by atoms with Crippen LogP contribution in [-0.2, 0) is 14.3 Å². The molecule has 1 aromatic heterocycles. The number of fused-ring (bicyclic) bond motifs is 1. The first kappa shape index (κ1) is 28.7. The lowest BCUT2D eigenvalue weighted by atomic mass is 9.93. The van der Waals surface area contributed by atoms with E-state index in [1.54, 1.807) is 24.5 Å². The van der Waals surface area contributed by atoms with Crippen molar-refractivity contribution in [3.63, 3.8) is 0 Å². The van der Waals surface area contributed by atoms with Gasteiger partial charge in [-0.2, -0.15) is 0 Å². The predicted molar refractivity (Wildman–Crippen MR) is 164 cm³/mol. The van der Waals surface area contributed by atoms with Gasteiger partial charge in [-0.25, -0.2) is 9.79 Å². The third-order valence-corrected chi connectivity index (χ3v) is 8.41. The van der Waals surface area contributed by atoms with Gasteiger partial charge in [0.1, 0.15) is 0 Å². The van der Waals surface area contributed by atoms with Gasteiger partial charge in [-0.3, -0.25) is 14.2 Å². The monoisotopic (exact) mass is 756 g/mol. The molecule has 1 atom stereocenters. The first-order chi connectivity index (χ1) is 18.0. The number of ether oxygens (including phenoxy) is 2. The molecular weight excluding hydrogens is 730 g/mol. The number of hydrogen-bond acceptors (Lipinski definition) is 7. The van der Waals surface area contributed by atoms with Crippen molar-refractivity contribution in [2.24, 2.45) is 4.99 Å². The Kier molecular flexibility index (Phi) is 8.92. The van der Waals surface area contributed by atoms with Crippen LogP contribution in [0.1, 0.15) is 63.3 Å². The van der Waals surface area contributed by atoms with Crippen molar-refractivity contribution in [2.45, 2.75) is 46.6 Å². The van der Waals surface area contributed by atoms with Crippen molar-refractivity contribution in [3.8, 4) is 5.75 Å². The molecule has 3 aromatic rings. The molecule has 0 radical (unpaired) electrons. The molecule has 0 aliphatic carbocycles. The average Bonchev–Trinajstić information content (AvgIpc) is 3.14. The first-order valence-electron chi connectivity index (χ1n) is 12.0. The second kappa shape index (κ2) is 11.8. The molecule has 0 saturated carbocycles. The zero-order valence-corrected chi connectivity index (χ0v) is 26.6. The Morgan fingerprint density at radius 2 is 1.87 bits per heavy atom. The van der Waals surface area contributed by atoms with Crippen LogP contribution in [0, 0.1) is 7.14 Å². The van der Waals surface area contributed by atoms with E-state index < -0.39 is 18.0 Å². The smallest absolute Gasteiger partial charge is 0.338 e. The number of halogens is 2. The van der Waals surface area contributed by atoms with Crippen molar-refractivity contribution >= 4 is 74.5 Å². The molecule has 0 fully saturated rings. The number of carbonyl (C=O) groups is 2. The molecule has 2 heterocycles. The molecule has 38 heavy (non-hydrogen) atoms. The zero-order chi connectivity index (χ0) is 27.7. The van der Waals surface area contributed by atoms with Crippen LogP contribution in [0.4, 0.5) is 0 Å². The molecule has 2 aromatic carbocycles. The number of benzene rings is 2. The molecule has 4 rings (SSSR count). The minimum absolute atomic E-state index is 0.212. The molecule has 0 amide bonds. The Morgan fingerprint density at radius 3 is 2.47 bits per heavy atom. The number of rotatable bonds is 6. The van der Waals surface area contributed by atoms with E-state index in [0.29, 0.717) is 37.8 Å². The first-order valence-corrected chi connectivity index (χ1v) is 15.0. The number of carbonyl (C=O) groups excluding carboxylic acids is 2. The number of esters is 2. The van der Waals surface area contributed by atoms with Crippen LogP contribution in [-0.4, -0.2) is 23.1 Å². The minimum atomic E-state index is -0.683. The standard InChI is InChI=1S/C28H26I2N2O5S/c1-6-36-27(35)23-15(4)31-28-32(24(23)18-9-7-17(8-10-18)14(2)3)26(34)22(38-28)12-19-11-20(29)13-21(30)25(19)37-16(5)33/h7-14,24H,6H2,1-5H3/b22-12-/t24-/m1/s1. The fourth-order valence-corrected chi connectivity index (χ4v) is 7.29. The highest BCUT2D eigenvalue weighted by Crippen LogP contribution is 2.32. The Bertz CT molecular complexity index is 1630. The van der Waals surface area contributed by atoms with Gasteiger partial charge in [-0.05, 0) is 94.3 Å². The second-order valence-corrected chi connectivity index (χ2v) is 12.4. The van der Waals surface area contributed by atoms with E-state index in [1.165, 1.54) is 18.3 Å². The highest BCUT2D eigenvalue weighted by molar-refractivity contribution is 14.1. The zero-order valence-electron chi connectivity index (χ0n) is 21.5. The Hall–Kier alpha value is -2.32. The summed E-state index contributed by atoms with van der Waals surface area (Å²) in [6, 6.07) is 11.0.